The molecule has 1 N–H and O–H groups in total. The molecule has 6 heteroatoms. The van der Waals surface area contributed by atoms with Crippen molar-refractivity contribution in [3.05, 3.63) is 109 Å². The Kier molecular flexibility index (Phi) is 5.87. The summed E-state index contributed by atoms with van der Waals surface area (Å²) in [6.45, 7) is 0. The van der Waals surface area contributed by atoms with Crippen molar-refractivity contribution in [2.45, 2.75) is 0 Å². The summed E-state index contributed by atoms with van der Waals surface area (Å²) in [5, 5.41) is 12.4. The predicted molar refractivity (Wildman–Crippen MR) is 129 cm³/mol. The fourth-order valence-corrected chi connectivity index (χ4v) is 4.09. The molecule has 0 unspecified atom stereocenters. The van der Waals surface area contributed by atoms with Crippen LogP contribution in [0.5, 0.6) is 17.5 Å². The number of nitrogens with zero attached hydrogens (tertiary/aromatic N) is 3. The van der Waals surface area contributed by atoms with Crippen molar-refractivity contribution in [1.82, 2.24) is 14.5 Å². The van der Waals surface area contributed by atoms with Gasteiger partial charge in [0.25, 0.3) is 0 Å². The molecule has 0 aliphatic rings. The summed E-state index contributed by atoms with van der Waals surface area (Å²) in [4.78, 5) is 9.32. The van der Waals surface area contributed by atoms with Gasteiger partial charge in [-0.15, -0.1) is 5.39 Å². The fourth-order valence-electron chi connectivity index (χ4n) is 4.09. The second-order valence-corrected chi connectivity index (χ2v) is 7.60. The molecule has 6 aromatic rings. The van der Waals surface area contributed by atoms with E-state index in [2.05, 4.69) is 33.8 Å². The van der Waals surface area contributed by atoms with E-state index in [9.17, 15) is 5.11 Å². The van der Waals surface area contributed by atoms with Crippen LogP contribution in [0.2, 0.25) is 0 Å². The van der Waals surface area contributed by atoms with Gasteiger partial charge in [-0.3, -0.25) is 0 Å². The van der Waals surface area contributed by atoms with E-state index in [1.54, 1.807) is 24.3 Å². The number of para-hydroxylation sites is 3. The Hall–Kier alpha value is -3.95. The van der Waals surface area contributed by atoms with Crippen molar-refractivity contribution in [2.75, 3.05) is 0 Å². The molecule has 5 nitrogen and oxygen atoms in total. The second-order valence-electron chi connectivity index (χ2n) is 7.60. The fraction of sp³-hybridized carbons (Fsp3) is 0. The van der Waals surface area contributed by atoms with Crippen LogP contribution in [0.15, 0.2) is 103 Å². The maximum absolute atomic E-state index is 10.2. The van der Waals surface area contributed by atoms with Crippen LogP contribution in [-0.4, -0.2) is 19.6 Å². The van der Waals surface area contributed by atoms with Crippen LogP contribution in [0.3, 0.4) is 0 Å². The van der Waals surface area contributed by atoms with Crippen molar-refractivity contribution in [2.24, 2.45) is 0 Å². The Labute approximate surface area is 210 Å². The molecule has 34 heavy (non-hydrogen) atoms. The number of benzene rings is 3. The number of ether oxygens (including phenoxy) is 1. The average Bonchev–Trinajstić information content (AvgIpc) is 3.19. The molecule has 0 atom stereocenters. The van der Waals surface area contributed by atoms with Crippen LogP contribution in [0.25, 0.3) is 38.9 Å². The van der Waals surface area contributed by atoms with E-state index in [4.69, 9.17) is 9.72 Å². The van der Waals surface area contributed by atoms with E-state index in [1.807, 2.05) is 60.7 Å². The number of rotatable bonds is 4. The predicted octanol–water partition coefficient (Wildman–Crippen LogP) is 6.54. The number of aromatic hydroxyl groups is 1. The second kappa shape index (κ2) is 9.12. The Balaban J connectivity index is 0.00000241. The topological polar surface area (TPSA) is 60.2 Å². The van der Waals surface area contributed by atoms with Gasteiger partial charge in [0.1, 0.15) is 11.6 Å². The molecule has 0 aliphatic carbocycles. The van der Waals surface area contributed by atoms with Gasteiger partial charge in [0.2, 0.25) is 11.8 Å². The molecule has 0 radical (unpaired) electrons. The van der Waals surface area contributed by atoms with E-state index in [0.717, 1.165) is 27.6 Å². The minimum Gasteiger partial charge on any atom is -0.507 e. The van der Waals surface area contributed by atoms with Crippen LogP contribution >= 0.6 is 0 Å². The summed E-state index contributed by atoms with van der Waals surface area (Å²) in [5.74, 6) is 1.73. The van der Waals surface area contributed by atoms with Crippen molar-refractivity contribution in [3.63, 3.8) is 0 Å². The molecule has 0 saturated carbocycles. The van der Waals surface area contributed by atoms with Crippen molar-refractivity contribution >= 4 is 21.8 Å². The van der Waals surface area contributed by atoms with Crippen LogP contribution in [-0.2, 0) is 21.1 Å². The zero-order chi connectivity index (χ0) is 22.2. The molecule has 3 aromatic carbocycles. The van der Waals surface area contributed by atoms with Crippen LogP contribution in [0.1, 0.15) is 0 Å². The number of fused-ring (bicyclic) bond motifs is 3. The molecule has 0 amide bonds. The number of phenolic OH excluding ortho intramolecular Hbond substituents is 1. The standard InChI is InChI=1S/C28H18N3O2.Pt/c32-25-15-6-3-11-21(25)22-12-7-17-27(29-22)33-28-18-8-16-26(30-28)31-23-13-4-1-9-19(23)20-10-2-5-14-24(20)31;/h1-13,15-18,32H;/q-1;. The van der Waals surface area contributed by atoms with Gasteiger partial charge >= 0.3 is 0 Å². The molecule has 0 bridgehead atoms. The summed E-state index contributed by atoms with van der Waals surface area (Å²) >= 11 is 0. The van der Waals surface area contributed by atoms with E-state index in [0.29, 0.717) is 23.0 Å². The molecule has 168 valence electrons. The molecular formula is C28H18N3O2Pt-. The van der Waals surface area contributed by atoms with Crippen molar-refractivity contribution in [3.8, 4) is 34.6 Å². The quantitative estimate of drug-likeness (QED) is 0.227. The third kappa shape index (κ3) is 3.85. The van der Waals surface area contributed by atoms with Gasteiger partial charge < -0.3 is 14.4 Å². The van der Waals surface area contributed by atoms with E-state index >= 15 is 0 Å². The van der Waals surface area contributed by atoms with Crippen molar-refractivity contribution in [1.29, 1.82) is 0 Å². The van der Waals surface area contributed by atoms with Gasteiger partial charge in [0.05, 0.1) is 5.69 Å². The molecule has 3 aromatic heterocycles. The maximum Gasteiger partial charge on any atom is 0.223 e. The van der Waals surface area contributed by atoms with Crippen LogP contribution in [0.4, 0.5) is 0 Å². The summed E-state index contributed by atoms with van der Waals surface area (Å²) in [6, 6.07) is 35.8. The molecule has 3 heterocycles. The first-order valence-corrected chi connectivity index (χ1v) is 10.6. The monoisotopic (exact) mass is 623 g/mol. The van der Waals surface area contributed by atoms with Gasteiger partial charge in [-0.25, -0.2) is 4.98 Å². The zero-order valence-corrected chi connectivity index (χ0v) is 20.1. The number of hydrogen-bond donors (Lipinski definition) is 1. The summed E-state index contributed by atoms with van der Waals surface area (Å²) in [5.41, 5.74) is 3.28. The number of pyridine rings is 2. The Bertz CT molecular complexity index is 1570. The summed E-state index contributed by atoms with van der Waals surface area (Å²) < 4.78 is 8.10. The van der Waals surface area contributed by atoms with Crippen LogP contribution < -0.4 is 4.74 Å². The first kappa shape index (κ1) is 21.9. The molecule has 0 spiro atoms. The molecule has 0 saturated heterocycles. The SMILES string of the molecule is Oc1ccccc1-c1cccc(Oc2cccc(-n3c4[c-]cccc4c4ccccc43)n2)n1.[Pt]. The molecular weight excluding hydrogens is 605 g/mol. The first-order valence-electron chi connectivity index (χ1n) is 10.6. The van der Waals surface area contributed by atoms with E-state index in [-0.39, 0.29) is 26.8 Å². The number of hydrogen-bond acceptors (Lipinski definition) is 4. The molecule has 6 rings (SSSR count). The Morgan fingerprint density at radius 1 is 0.706 bits per heavy atom. The first-order chi connectivity index (χ1) is 16.3. The van der Waals surface area contributed by atoms with Crippen LogP contribution in [0, 0.1) is 6.07 Å². The average molecular weight is 624 g/mol. The number of aromatic nitrogens is 3. The minimum atomic E-state index is 0. The molecule has 0 fully saturated rings. The minimum absolute atomic E-state index is 0. The van der Waals surface area contributed by atoms with Gasteiger partial charge in [-0.05, 0) is 35.7 Å². The third-order valence-electron chi connectivity index (χ3n) is 5.54. The van der Waals surface area contributed by atoms with Gasteiger partial charge in [0.15, 0.2) is 0 Å². The normalized spacial score (nSPS) is 10.8. The number of phenols is 1. The van der Waals surface area contributed by atoms with Gasteiger partial charge in [0, 0.05) is 44.3 Å². The smallest absolute Gasteiger partial charge is 0.223 e. The Morgan fingerprint density at radius 2 is 1.44 bits per heavy atom. The zero-order valence-electron chi connectivity index (χ0n) is 17.8. The van der Waals surface area contributed by atoms with Gasteiger partial charge in [-0.1, -0.05) is 48.0 Å². The summed E-state index contributed by atoms with van der Waals surface area (Å²) in [6.07, 6.45) is 0. The Morgan fingerprint density at radius 3 is 2.32 bits per heavy atom. The molecule has 0 aliphatic heterocycles. The summed E-state index contributed by atoms with van der Waals surface area (Å²) in [7, 11) is 0. The largest absolute Gasteiger partial charge is 0.507 e. The van der Waals surface area contributed by atoms with Crippen molar-refractivity contribution < 1.29 is 30.9 Å². The van der Waals surface area contributed by atoms with Gasteiger partial charge in [-0.2, -0.15) is 29.2 Å². The maximum atomic E-state index is 10.2. The van der Waals surface area contributed by atoms with E-state index < -0.39 is 0 Å². The van der Waals surface area contributed by atoms with E-state index in [1.165, 1.54) is 0 Å². The third-order valence-corrected chi connectivity index (χ3v) is 5.54.